The summed E-state index contributed by atoms with van der Waals surface area (Å²) in [5, 5.41) is 9.74. The number of rotatable bonds is 62. The van der Waals surface area contributed by atoms with Crippen molar-refractivity contribution < 1.29 is 42.9 Å². The Labute approximate surface area is 494 Å². The number of hydrogen-bond donors (Lipinski definition) is 1. The molecule has 0 heterocycles. The third-order valence-corrected chi connectivity index (χ3v) is 14.7. The largest absolute Gasteiger partial charge is 0.477 e. The van der Waals surface area contributed by atoms with Crippen LogP contribution in [0.5, 0.6) is 0 Å². The molecule has 9 heteroatoms. The van der Waals surface area contributed by atoms with Gasteiger partial charge in [-0.2, -0.15) is 0 Å². The first-order chi connectivity index (χ1) is 39.1. The molecule has 80 heavy (non-hydrogen) atoms. The molecule has 0 fully saturated rings. The average molecular weight is 1120 g/mol. The van der Waals surface area contributed by atoms with E-state index < -0.39 is 24.3 Å². The second kappa shape index (κ2) is 61.8. The molecular formula is C71H128NO8+. The monoisotopic (exact) mass is 1120 g/mol. The lowest BCUT2D eigenvalue weighted by Crippen LogP contribution is -2.40. The number of ether oxygens (including phenoxy) is 4. The van der Waals surface area contributed by atoms with E-state index in [0.717, 1.165) is 83.5 Å². The van der Waals surface area contributed by atoms with Crippen molar-refractivity contribution in [3.05, 3.63) is 72.9 Å². The fraction of sp³-hybridized carbons (Fsp3) is 0.789. The first-order valence-electron chi connectivity index (χ1n) is 33.6. The summed E-state index contributed by atoms with van der Waals surface area (Å²) in [5.41, 5.74) is 0. The Bertz CT molecular complexity index is 1540. The van der Waals surface area contributed by atoms with Gasteiger partial charge >= 0.3 is 17.9 Å². The van der Waals surface area contributed by atoms with Crippen LogP contribution < -0.4 is 0 Å². The summed E-state index contributed by atoms with van der Waals surface area (Å²) in [4.78, 5) is 37.6. The minimum atomic E-state index is -1.51. The number of esters is 2. The standard InChI is InChI=1S/C71H127NO8/c1-6-8-10-12-14-16-18-20-22-24-26-28-30-32-34-35-36-38-40-42-44-46-48-50-52-54-56-58-60-62-69(74)80-67(66-79-71(70(75)76)77-64-63-72(3,4)5)65-78-68(73)61-59-57-55-53-51-49-47-45-43-41-39-37-33-31-29-27-25-23-21-19-17-15-13-11-9-7-2/h8,10,14,16,20,22,26,28,32,34,36,38,67,71H,6-7,9,11-13,15,17-19,21,23-25,27,29-31,33,35,37,39-66H2,1-5H3/p+1/b10-8-,16-14-,22-20-,28-26-,34-32-,38-36-. The molecule has 0 saturated heterocycles. The van der Waals surface area contributed by atoms with Crippen molar-refractivity contribution in [1.29, 1.82) is 0 Å². The molecule has 0 amide bonds. The van der Waals surface area contributed by atoms with Crippen molar-refractivity contribution in [2.45, 2.75) is 315 Å². The molecule has 1 N–H and O–H groups in total. The summed E-state index contributed by atoms with van der Waals surface area (Å²) >= 11 is 0. The van der Waals surface area contributed by atoms with Gasteiger partial charge in [-0.05, 0) is 64.2 Å². The van der Waals surface area contributed by atoms with Crippen molar-refractivity contribution in [1.82, 2.24) is 0 Å². The van der Waals surface area contributed by atoms with Gasteiger partial charge in [-0.3, -0.25) is 9.59 Å². The van der Waals surface area contributed by atoms with Crippen molar-refractivity contribution in [2.24, 2.45) is 0 Å². The number of carboxylic acid groups (broad SMARTS) is 1. The summed E-state index contributed by atoms with van der Waals surface area (Å²) in [6.07, 6.45) is 78.6. The van der Waals surface area contributed by atoms with Crippen LogP contribution in [-0.4, -0.2) is 87.4 Å². The van der Waals surface area contributed by atoms with Crippen molar-refractivity contribution in [2.75, 3.05) is 47.5 Å². The number of hydrogen-bond acceptors (Lipinski definition) is 7. The first kappa shape index (κ1) is 76.7. The van der Waals surface area contributed by atoms with Crippen LogP contribution in [0, 0.1) is 0 Å². The van der Waals surface area contributed by atoms with E-state index in [-0.39, 0.29) is 32.2 Å². The summed E-state index contributed by atoms with van der Waals surface area (Å²) in [5.74, 6) is -2.00. The van der Waals surface area contributed by atoms with Gasteiger partial charge < -0.3 is 28.5 Å². The Morgan fingerprint density at radius 3 is 1.06 bits per heavy atom. The number of allylic oxidation sites excluding steroid dienone is 12. The van der Waals surface area contributed by atoms with Crippen LogP contribution >= 0.6 is 0 Å². The highest BCUT2D eigenvalue weighted by Gasteiger charge is 2.25. The molecule has 464 valence electrons. The normalized spacial score (nSPS) is 13.2. The smallest absolute Gasteiger partial charge is 0.361 e. The van der Waals surface area contributed by atoms with E-state index in [9.17, 15) is 19.5 Å². The summed E-state index contributed by atoms with van der Waals surface area (Å²) in [6.45, 7) is 4.80. The Balaban J connectivity index is 4.15. The van der Waals surface area contributed by atoms with Gasteiger partial charge in [0.1, 0.15) is 13.2 Å². The molecular weight excluding hydrogens is 995 g/mol. The van der Waals surface area contributed by atoms with Crippen LogP contribution in [0.4, 0.5) is 0 Å². The van der Waals surface area contributed by atoms with Crippen LogP contribution in [0.25, 0.3) is 0 Å². The van der Waals surface area contributed by atoms with Crippen molar-refractivity contribution >= 4 is 17.9 Å². The molecule has 0 bridgehead atoms. The Morgan fingerprint density at radius 2 is 0.713 bits per heavy atom. The molecule has 0 saturated carbocycles. The van der Waals surface area contributed by atoms with Crippen LogP contribution in [-0.2, 0) is 33.3 Å². The highest BCUT2D eigenvalue weighted by atomic mass is 16.7. The maximum absolute atomic E-state index is 12.9. The summed E-state index contributed by atoms with van der Waals surface area (Å²) < 4.78 is 23.0. The number of carboxylic acids is 1. The molecule has 2 atom stereocenters. The molecule has 0 aliphatic carbocycles. The molecule has 0 aliphatic heterocycles. The Kier molecular flexibility index (Phi) is 59.3. The fourth-order valence-corrected chi connectivity index (χ4v) is 9.61. The van der Waals surface area contributed by atoms with Crippen molar-refractivity contribution in [3.8, 4) is 0 Å². The first-order valence-corrected chi connectivity index (χ1v) is 33.6. The lowest BCUT2D eigenvalue weighted by Gasteiger charge is -2.25. The number of carbonyl (C=O) groups excluding carboxylic acids is 2. The Morgan fingerprint density at radius 1 is 0.388 bits per heavy atom. The molecule has 2 unspecified atom stereocenters. The third kappa shape index (κ3) is 62.3. The summed E-state index contributed by atoms with van der Waals surface area (Å²) in [7, 11) is 5.98. The minimum Gasteiger partial charge on any atom is -0.477 e. The molecule has 0 aromatic heterocycles. The predicted octanol–water partition coefficient (Wildman–Crippen LogP) is 20.5. The fourth-order valence-electron chi connectivity index (χ4n) is 9.61. The SMILES string of the molecule is CC/C=C\C/C=C\C/C=C\C/C=C\C/C=C\C/C=C\CCCCCCCCCCCCC(=O)OC(COC(=O)CCCCCCCCCCCCCCCCCCCCCCCCCCCC)COC(OCC[N+](C)(C)C)C(=O)O. The second-order valence-corrected chi connectivity index (χ2v) is 23.8. The highest BCUT2D eigenvalue weighted by Crippen LogP contribution is 2.18. The highest BCUT2D eigenvalue weighted by molar-refractivity contribution is 5.71. The third-order valence-electron chi connectivity index (χ3n) is 14.7. The van der Waals surface area contributed by atoms with E-state index in [1.165, 1.54) is 186 Å². The van der Waals surface area contributed by atoms with Crippen LogP contribution in [0.15, 0.2) is 72.9 Å². The van der Waals surface area contributed by atoms with Gasteiger partial charge in [-0.15, -0.1) is 0 Å². The van der Waals surface area contributed by atoms with Gasteiger partial charge in [0, 0.05) is 12.8 Å². The van der Waals surface area contributed by atoms with Gasteiger partial charge in [0.15, 0.2) is 6.10 Å². The van der Waals surface area contributed by atoms with E-state index in [4.69, 9.17) is 18.9 Å². The quantitative estimate of drug-likeness (QED) is 0.0211. The molecule has 0 aliphatic rings. The van der Waals surface area contributed by atoms with Gasteiger partial charge in [-0.25, -0.2) is 4.79 Å². The zero-order valence-electron chi connectivity index (χ0n) is 53.0. The lowest BCUT2D eigenvalue weighted by molar-refractivity contribution is -0.870. The summed E-state index contributed by atoms with van der Waals surface area (Å²) in [6, 6.07) is 0. The average Bonchev–Trinajstić information content (AvgIpc) is 3.43. The van der Waals surface area contributed by atoms with Gasteiger partial charge in [-0.1, -0.05) is 299 Å². The number of likely N-dealkylation sites (N-methyl/N-ethyl adjacent to an activating group) is 1. The van der Waals surface area contributed by atoms with Crippen molar-refractivity contribution in [3.63, 3.8) is 0 Å². The van der Waals surface area contributed by atoms with Crippen LogP contribution in [0.2, 0.25) is 0 Å². The number of quaternary nitrogens is 1. The predicted molar refractivity (Wildman–Crippen MR) is 341 cm³/mol. The lowest BCUT2D eigenvalue weighted by atomic mass is 10.0. The molecule has 0 aromatic carbocycles. The number of aliphatic carboxylic acids is 1. The van der Waals surface area contributed by atoms with E-state index in [1.807, 2.05) is 21.1 Å². The zero-order valence-corrected chi connectivity index (χ0v) is 53.0. The topological polar surface area (TPSA) is 108 Å². The van der Waals surface area contributed by atoms with Gasteiger partial charge in [0.05, 0.1) is 34.4 Å². The molecule has 0 rings (SSSR count). The van der Waals surface area contributed by atoms with E-state index in [0.29, 0.717) is 23.9 Å². The van der Waals surface area contributed by atoms with Gasteiger partial charge in [0.2, 0.25) is 0 Å². The zero-order chi connectivity index (χ0) is 58.3. The van der Waals surface area contributed by atoms with E-state index >= 15 is 0 Å². The second-order valence-electron chi connectivity index (χ2n) is 23.8. The molecule has 0 spiro atoms. The van der Waals surface area contributed by atoms with Gasteiger partial charge in [0.25, 0.3) is 6.29 Å². The number of nitrogens with zero attached hydrogens (tertiary/aromatic N) is 1. The maximum Gasteiger partial charge on any atom is 0.361 e. The van der Waals surface area contributed by atoms with Crippen LogP contribution in [0.1, 0.15) is 303 Å². The maximum atomic E-state index is 12.9. The molecule has 0 radical (unpaired) electrons. The number of carbonyl (C=O) groups is 3. The van der Waals surface area contributed by atoms with E-state index in [1.54, 1.807) is 0 Å². The number of unbranched alkanes of at least 4 members (excludes halogenated alkanes) is 35. The minimum absolute atomic E-state index is 0.183. The Hall–Kier alpha value is -3.27. The molecule has 9 nitrogen and oxygen atoms in total. The molecule has 0 aromatic rings. The van der Waals surface area contributed by atoms with E-state index in [2.05, 4.69) is 86.8 Å². The van der Waals surface area contributed by atoms with Crippen LogP contribution in [0.3, 0.4) is 0 Å².